The molecule has 2 N–H and O–H groups in total. The second kappa shape index (κ2) is 10.5. The minimum atomic E-state index is -4.42. The molecule has 0 amide bonds. The second-order valence-electron chi connectivity index (χ2n) is 8.23. The van der Waals surface area contributed by atoms with Crippen molar-refractivity contribution in [1.29, 1.82) is 5.26 Å². The number of anilines is 1. The Labute approximate surface area is 206 Å². The van der Waals surface area contributed by atoms with E-state index in [9.17, 15) is 26.9 Å². The molecule has 0 atom stereocenters. The van der Waals surface area contributed by atoms with Crippen molar-refractivity contribution in [2.75, 3.05) is 38.8 Å². The van der Waals surface area contributed by atoms with Gasteiger partial charge in [0, 0.05) is 18.7 Å². The van der Waals surface area contributed by atoms with E-state index in [2.05, 4.69) is 16.4 Å². The van der Waals surface area contributed by atoms with Crippen LogP contribution in [0.25, 0.3) is 27.8 Å². The van der Waals surface area contributed by atoms with Gasteiger partial charge in [-0.25, -0.2) is 4.98 Å². The van der Waals surface area contributed by atoms with E-state index in [1.807, 2.05) is 47.7 Å². The molecular weight excluding hydrogens is 495 g/mol. The Balaban J connectivity index is 0.000000658. The Hall–Kier alpha value is -3.66. The fraction of sp³-hybridized carbons (Fsp3) is 0.250. The fourth-order valence-electron chi connectivity index (χ4n) is 3.55. The Morgan fingerprint density at radius 1 is 1.14 bits per heavy atom. The Morgan fingerprint density at radius 2 is 1.75 bits per heavy atom. The quantitative estimate of drug-likeness (QED) is 0.373. The highest BCUT2D eigenvalue weighted by Crippen LogP contribution is 2.35. The zero-order valence-electron chi connectivity index (χ0n) is 19.7. The third kappa shape index (κ3) is 6.51. The van der Waals surface area contributed by atoms with Crippen molar-refractivity contribution in [2.45, 2.75) is 6.18 Å². The van der Waals surface area contributed by atoms with Crippen LogP contribution in [0, 0.1) is 11.3 Å². The highest BCUT2D eigenvalue weighted by Gasteiger charge is 2.30. The maximum atomic E-state index is 13.0. The van der Waals surface area contributed by atoms with Gasteiger partial charge in [-0.1, -0.05) is 24.3 Å². The maximum absolute atomic E-state index is 13.0. The van der Waals surface area contributed by atoms with Crippen molar-refractivity contribution in [1.82, 2.24) is 14.3 Å². The van der Waals surface area contributed by atoms with Crippen LogP contribution in [0.2, 0.25) is 0 Å². The van der Waals surface area contributed by atoms with Crippen LogP contribution >= 0.6 is 0 Å². The number of halogens is 3. The normalized spacial score (nSPS) is 11.9. The van der Waals surface area contributed by atoms with Crippen LogP contribution in [0.1, 0.15) is 11.1 Å². The van der Waals surface area contributed by atoms with Crippen LogP contribution < -0.4 is 5.32 Å². The smallest absolute Gasteiger partial charge is 0.370 e. The SMILES string of the molecule is CN(C)CCNc1cc(-c2ccc(C(F)(F)F)cc2)c(C#N)c2nc3ccccc3n12.CS(=O)(=O)O. The number of fused-ring (bicyclic) bond motifs is 3. The maximum Gasteiger partial charge on any atom is 0.416 e. The lowest BCUT2D eigenvalue weighted by molar-refractivity contribution is -0.137. The predicted molar refractivity (Wildman–Crippen MR) is 132 cm³/mol. The molecule has 2 aromatic carbocycles. The van der Waals surface area contributed by atoms with Crippen LogP contribution in [0.5, 0.6) is 0 Å². The first-order valence-electron chi connectivity index (χ1n) is 10.6. The largest absolute Gasteiger partial charge is 0.416 e. The number of alkyl halides is 3. The van der Waals surface area contributed by atoms with E-state index in [0.717, 1.165) is 35.5 Å². The standard InChI is InChI=1S/C23H20F3N5.CH4O3S/c1-30(2)12-11-28-21-13-17(15-7-9-16(10-8-15)23(24,25)26)18(14-27)22-29-19-5-3-4-6-20(19)31(21)22;1-5(2,3)4/h3-10,13,28H,11-12H2,1-2H3;1H3,(H,2,3,4). The van der Waals surface area contributed by atoms with Gasteiger partial charge in [-0.05, 0) is 50.0 Å². The van der Waals surface area contributed by atoms with Crippen molar-refractivity contribution in [3.63, 3.8) is 0 Å². The number of hydrogen-bond donors (Lipinski definition) is 2. The molecule has 0 aliphatic rings. The molecule has 36 heavy (non-hydrogen) atoms. The molecule has 4 aromatic rings. The van der Waals surface area contributed by atoms with E-state index in [0.29, 0.717) is 35.1 Å². The van der Waals surface area contributed by atoms with Crippen molar-refractivity contribution in [3.05, 3.63) is 65.7 Å². The van der Waals surface area contributed by atoms with Gasteiger partial charge in [0.25, 0.3) is 10.1 Å². The average molecular weight is 520 g/mol. The van der Waals surface area contributed by atoms with Gasteiger partial charge in [0.1, 0.15) is 17.5 Å². The van der Waals surface area contributed by atoms with Crippen LogP contribution in [-0.4, -0.2) is 60.7 Å². The first-order valence-corrected chi connectivity index (χ1v) is 12.5. The Bertz CT molecular complexity index is 1520. The molecule has 12 heteroatoms. The number of likely N-dealkylation sites (N-methyl/N-ethyl adjacent to an activating group) is 1. The van der Waals surface area contributed by atoms with E-state index < -0.39 is 21.9 Å². The lowest BCUT2D eigenvalue weighted by Crippen LogP contribution is -2.21. The van der Waals surface area contributed by atoms with Gasteiger partial charge in [-0.3, -0.25) is 8.95 Å². The van der Waals surface area contributed by atoms with Gasteiger partial charge >= 0.3 is 6.18 Å². The summed E-state index contributed by atoms with van der Waals surface area (Å²) < 4.78 is 66.7. The number of nitrogens with zero attached hydrogens (tertiary/aromatic N) is 4. The van der Waals surface area contributed by atoms with E-state index >= 15 is 0 Å². The number of benzene rings is 2. The highest BCUT2D eigenvalue weighted by molar-refractivity contribution is 7.85. The summed E-state index contributed by atoms with van der Waals surface area (Å²) in [5.41, 5.74) is 2.69. The molecular formula is C24H24F3N5O3S. The molecule has 0 aliphatic heterocycles. The number of pyridine rings is 1. The average Bonchev–Trinajstić information content (AvgIpc) is 3.16. The molecule has 0 unspecified atom stereocenters. The van der Waals surface area contributed by atoms with Gasteiger partial charge in [0.2, 0.25) is 0 Å². The first kappa shape index (κ1) is 26.9. The molecule has 0 spiro atoms. The third-order valence-corrected chi connectivity index (χ3v) is 5.08. The number of aromatic nitrogens is 2. The lowest BCUT2D eigenvalue weighted by atomic mass is 10.00. The molecule has 0 fully saturated rings. The topological polar surface area (TPSA) is 111 Å². The predicted octanol–water partition coefficient (Wildman–Crippen LogP) is 4.52. The number of nitriles is 1. The molecule has 2 aromatic heterocycles. The number of rotatable bonds is 5. The van der Waals surface area contributed by atoms with E-state index in [1.165, 1.54) is 12.1 Å². The molecule has 0 radical (unpaired) electrons. The summed E-state index contributed by atoms with van der Waals surface area (Å²) in [7, 11) is 0.270. The summed E-state index contributed by atoms with van der Waals surface area (Å²) in [5.74, 6) is 0.722. The third-order valence-electron chi connectivity index (χ3n) is 5.08. The zero-order valence-corrected chi connectivity index (χ0v) is 20.5. The summed E-state index contributed by atoms with van der Waals surface area (Å²) in [4.78, 5) is 6.68. The van der Waals surface area contributed by atoms with Gasteiger partial charge in [-0.2, -0.15) is 26.9 Å². The minimum Gasteiger partial charge on any atom is -0.370 e. The first-order chi connectivity index (χ1) is 16.8. The van der Waals surface area contributed by atoms with Crippen molar-refractivity contribution < 1.29 is 26.1 Å². The summed E-state index contributed by atoms with van der Waals surface area (Å²) in [6, 6.07) is 16.4. The van der Waals surface area contributed by atoms with Gasteiger partial charge in [-0.15, -0.1) is 0 Å². The molecule has 0 bridgehead atoms. The zero-order chi connectivity index (χ0) is 26.7. The molecule has 0 saturated heterocycles. The van der Waals surface area contributed by atoms with E-state index in [-0.39, 0.29) is 0 Å². The summed E-state index contributed by atoms with van der Waals surface area (Å²) >= 11 is 0. The monoisotopic (exact) mass is 519 g/mol. The van der Waals surface area contributed by atoms with Gasteiger partial charge < -0.3 is 10.2 Å². The number of nitrogens with one attached hydrogen (secondary N) is 1. The Morgan fingerprint density at radius 3 is 2.31 bits per heavy atom. The summed E-state index contributed by atoms with van der Waals surface area (Å²) in [6.07, 6.45) is -3.70. The molecule has 0 saturated carbocycles. The molecule has 2 heterocycles. The molecule has 4 rings (SSSR count). The van der Waals surface area contributed by atoms with Crippen molar-refractivity contribution >= 4 is 32.6 Å². The Kier molecular flexibility index (Phi) is 7.88. The minimum absolute atomic E-state index is 0.314. The van der Waals surface area contributed by atoms with Crippen LogP contribution in [0.3, 0.4) is 0 Å². The number of imidazole rings is 1. The second-order valence-corrected chi connectivity index (χ2v) is 9.69. The molecule has 8 nitrogen and oxygen atoms in total. The highest BCUT2D eigenvalue weighted by atomic mass is 32.2. The van der Waals surface area contributed by atoms with Gasteiger partial charge in [0.05, 0.1) is 22.9 Å². The number of hydrogen-bond acceptors (Lipinski definition) is 6. The van der Waals surface area contributed by atoms with Crippen molar-refractivity contribution in [2.24, 2.45) is 0 Å². The molecule has 0 aliphatic carbocycles. The van der Waals surface area contributed by atoms with Crippen LogP contribution in [-0.2, 0) is 16.3 Å². The summed E-state index contributed by atoms with van der Waals surface area (Å²) in [6.45, 7) is 1.43. The van der Waals surface area contributed by atoms with E-state index in [4.69, 9.17) is 4.55 Å². The summed E-state index contributed by atoms with van der Waals surface area (Å²) in [5, 5.41) is 13.3. The fourth-order valence-corrected chi connectivity index (χ4v) is 3.55. The van der Waals surface area contributed by atoms with Crippen molar-refractivity contribution in [3.8, 4) is 17.2 Å². The van der Waals surface area contributed by atoms with Gasteiger partial charge in [0.15, 0.2) is 5.65 Å². The van der Waals surface area contributed by atoms with Crippen LogP contribution in [0.15, 0.2) is 54.6 Å². The molecule has 190 valence electrons. The lowest BCUT2D eigenvalue weighted by Gasteiger charge is -2.16. The number of para-hydroxylation sites is 2. The van der Waals surface area contributed by atoms with Crippen LogP contribution in [0.4, 0.5) is 19.0 Å². The van der Waals surface area contributed by atoms with E-state index in [1.54, 1.807) is 6.07 Å².